The average molecular weight is 481 g/mol. The Hall–Kier alpha value is -3.20. The van der Waals surface area contributed by atoms with Gasteiger partial charge in [-0.1, -0.05) is 26.0 Å². The lowest BCUT2D eigenvalue weighted by atomic mass is 9.97. The molecule has 2 aromatic carbocycles. The molecule has 4 rings (SSSR count). The SMILES string of the molecule is CCc1cc2c(cc1CC)CC(NCC(O)c1c(C)cc(O)c3c1ccc(=O)n3OC(=O)CO)C2. The number of rotatable bonds is 8. The molecule has 186 valence electrons. The van der Waals surface area contributed by atoms with Crippen LogP contribution in [0, 0.1) is 6.92 Å². The van der Waals surface area contributed by atoms with Gasteiger partial charge in [0.2, 0.25) is 0 Å². The van der Waals surface area contributed by atoms with Gasteiger partial charge in [0.05, 0.1) is 6.10 Å². The van der Waals surface area contributed by atoms with Crippen LogP contribution in [0.3, 0.4) is 0 Å². The fourth-order valence-electron chi connectivity index (χ4n) is 5.16. The van der Waals surface area contributed by atoms with Crippen LogP contribution in [0.5, 0.6) is 5.75 Å². The van der Waals surface area contributed by atoms with Crippen LogP contribution in [0.1, 0.15) is 53.3 Å². The molecule has 1 heterocycles. The van der Waals surface area contributed by atoms with Gasteiger partial charge in [-0.25, -0.2) is 4.79 Å². The maximum atomic E-state index is 12.3. The Morgan fingerprint density at radius 1 is 1.14 bits per heavy atom. The molecule has 0 spiro atoms. The molecule has 0 saturated heterocycles. The minimum Gasteiger partial charge on any atom is -0.506 e. The monoisotopic (exact) mass is 480 g/mol. The van der Waals surface area contributed by atoms with Gasteiger partial charge in [0, 0.05) is 24.0 Å². The van der Waals surface area contributed by atoms with Gasteiger partial charge in [-0.15, -0.1) is 4.73 Å². The van der Waals surface area contributed by atoms with Crippen molar-refractivity contribution in [1.82, 2.24) is 10.0 Å². The van der Waals surface area contributed by atoms with Crippen LogP contribution in [-0.2, 0) is 30.5 Å². The first-order valence-corrected chi connectivity index (χ1v) is 12.0. The Labute approximate surface area is 203 Å². The standard InChI is InChI=1S/C27H32N2O6/c1-4-16-9-18-11-20(12-19(18)10-17(16)5-2)28-13-23(32)26-15(3)8-22(31)27-21(26)6-7-24(33)29(27)35-25(34)14-30/h6-10,20,23,28,30-32H,4-5,11-14H2,1-3H3. The van der Waals surface area contributed by atoms with Crippen molar-refractivity contribution in [3.05, 3.63) is 74.1 Å². The number of phenols is 1. The molecule has 35 heavy (non-hydrogen) atoms. The van der Waals surface area contributed by atoms with E-state index in [9.17, 15) is 19.8 Å². The highest BCUT2D eigenvalue weighted by Gasteiger charge is 2.25. The number of aromatic nitrogens is 1. The van der Waals surface area contributed by atoms with Crippen molar-refractivity contribution in [2.45, 2.75) is 58.6 Å². The second kappa shape index (κ2) is 10.2. The maximum absolute atomic E-state index is 12.3. The number of hydrogen-bond acceptors (Lipinski definition) is 7. The predicted molar refractivity (Wildman–Crippen MR) is 133 cm³/mol. The van der Waals surface area contributed by atoms with E-state index in [2.05, 4.69) is 31.3 Å². The summed E-state index contributed by atoms with van der Waals surface area (Å²) < 4.78 is 0.649. The third kappa shape index (κ3) is 4.82. The Bertz CT molecular complexity index is 1300. The van der Waals surface area contributed by atoms with Gasteiger partial charge in [-0.3, -0.25) is 4.79 Å². The Balaban J connectivity index is 1.58. The van der Waals surface area contributed by atoms with Crippen molar-refractivity contribution in [2.75, 3.05) is 13.2 Å². The molecule has 0 amide bonds. The van der Waals surface area contributed by atoms with E-state index in [-0.39, 0.29) is 23.9 Å². The Morgan fingerprint density at radius 3 is 2.34 bits per heavy atom. The number of phenolic OH excluding ortho intramolecular Hbond substituents is 1. The van der Waals surface area contributed by atoms with Crippen LogP contribution in [0.4, 0.5) is 0 Å². The van der Waals surface area contributed by atoms with Crippen LogP contribution in [0.25, 0.3) is 10.9 Å². The van der Waals surface area contributed by atoms with E-state index in [1.165, 1.54) is 40.5 Å². The van der Waals surface area contributed by atoms with Crippen LogP contribution in [-0.4, -0.2) is 45.2 Å². The minimum absolute atomic E-state index is 0.0357. The highest BCUT2D eigenvalue weighted by Crippen LogP contribution is 2.33. The van der Waals surface area contributed by atoms with Crippen LogP contribution in [0.15, 0.2) is 35.1 Å². The summed E-state index contributed by atoms with van der Waals surface area (Å²) in [5.41, 5.74) is 5.94. The predicted octanol–water partition coefficient (Wildman–Crippen LogP) is 1.88. The molecule has 0 fully saturated rings. The van der Waals surface area contributed by atoms with Gasteiger partial charge in [0.25, 0.3) is 5.56 Å². The summed E-state index contributed by atoms with van der Waals surface area (Å²) in [5, 5.41) is 34.5. The second-order valence-electron chi connectivity index (χ2n) is 9.10. The van der Waals surface area contributed by atoms with Crippen molar-refractivity contribution in [1.29, 1.82) is 0 Å². The summed E-state index contributed by atoms with van der Waals surface area (Å²) in [6, 6.07) is 8.95. The van der Waals surface area contributed by atoms with Gasteiger partial charge in [-0.2, -0.15) is 0 Å². The van der Waals surface area contributed by atoms with E-state index in [1.54, 1.807) is 6.92 Å². The first-order chi connectivity index (χ1) is 16.8. The van der Waals surface area contributed by atoms with Crippen molar-refractivity contribution in [2.24, 2.45) is 0 Å². The summed E-state index contributed by atoms with van der Waals surface area (Å²) in [5.74, 6) is -1.31. The third-order valence-corrected chi connectivity index (χ3v) is 6.83. The molecule has 1 aliphatic carbocycles. The molecule has 0 radical (unpaired) electrons. The molecule has 1 unspecified atom stereocenters. The van der Waals surface area contributed by atoms with Gasteiger partial charge in [0.1, 0.15) is 17.9 Å². The topological polar surface area (TPSA) is 121 Å². The molecule has 3 aromatic rings. The number of nitrogens with one attached hydrogen (secondary N) is 1. The maximum Gasteiger partial charge on any atom is 0.358 e. The second-order valence-corrected chi connectivity index (χ2v) is 9.10. The largest absolute Gasteiger partial charge is 0.506 e. The summed E-state index contributed by atoms with van der Waals surface area (Å²) in [7, 11) is 0. The van der Waals surface area contributed by atoms with E-state index < -0.39 is 24.2 Å². The molecule has 0 saturated carbocycles. The lowest BCUT2D eigenvalue weighted by molar-refractivity contribution is -0.147. The van der Waals surface area contributed by atoms with E-state index in [0.29, 0.717) is 21.2 Å². The number of nitrogens with zero attached hydrogens (tertiary/aromatic N) is 1. The van der Waals surface area contributed by atoms with Crippen molar-refractivity contribution >= 4 is 16.9 Å². The van der Waals surface area contributed by atoms with Crippen LogP contribution >= 0.6 is 0 Å². The molecule has 8 nitrogen and oxygen atoms in total. The summed E-state index contributed by atoms with van der Waals surface area (Å²) in [6.07, 6.45) is 2.88. The highest BCUT2D eigenvalue weighted by atomic mass is 16.7. The van der Waals surface area contributed by atoms with Crippen LogP contribution in [0.2, 0.25) is 0 Å². The molecule has 1 atom stereocenters. The number of aliphatic hydroxyl groups excluding tert-OH is 2. The number of pyridine rings is 1. The van der Waals surface area contributed by atoms with E-state index in [4.69, 9.17) is 9.94 Å². The number of aryl methyl sites for hydroxylation is 3. The highest BCUT2D eigenvalue weighted by molar-refractivity contribution is 5.89. The summed E-state index contributed by atoms with van der Waals surface area (Å²) in [6.45, 7) is 5.47. The quantitative estimate of drug-likeness (QED) is 0.388. The number of carbonyl (C=O) groups is 1. The van der Waals surface area contributed by atoms with Gasteiger partial charge in [0.15, 0.2) is 0 Å². The molecular formula is C27H32N2O6. The van der Waals surface area contributed by atoms with E-state index in [0.717, 1.165) is 25.7 Å². The van der Waals surface area contributed by atoms with Crippen molar-refractivity contribution < 1.29 is 25.0 Å². The molecule has 0 aliphatic heterocycles. The molecule has 1 aliphatic rings. The molecule has 8 heteroatoms. The fraction of sp³-hybridized carbons (Fsp3) is 0.407. The van der Waals surface area contributed by atoms with Gasteiger partial charge in [-0.05, 0) is 78.1 Å². The first kappa shape index (κ1) is 24.9. The minimum atomic E-state index is -1.04. The number of carbonyl (C=O) groups excluding carboxylic acids is 1. The van der Waals surface area contributed by atoms with Gasteiger partial charge >= 0.3 is 5.97 Å². The smallest absolute Gasteiger partial charge is 0.358 e. The Kier molecular flexibility index (Phi) is 7.25. The number of benzene rings is 2. The third-order valence-electron chi connectivity index (χ3n) is 6.83. The number of hydrogen-bond donors (Lipinski definition) is 4. The fourth-order valence-corrected chi connectivity index (χ4v) is 5.16. The number of aromatic hydroxyl groups is 1. The number of aliphatic hydroxyl groups is 2. The zero-order chi connectivity index (χ0) is 25.3. The summed E-state index contributed by atoms with van der Waals surface area (Å²) >= 11 is 0. The lowest BCUT2D eigenvalue weighted by Crippen LogP contribution is -2.34. The zero-order valence-corrected chi connectivity index (χ0v) is 20.3. The summed E-state index contributed by atoms with van der Waals surface area (Å²) in [4.78, 5) is 28.9. The molecule has 0 bridgehead atoms. The average Bonchev–Trinajstić information content (AvgIpc) is 3.24. The Morgan fingerprint density at radius 2 is 1.77 bits per heavy atom. The number of fused-ring (bicyclic) bond motifs is 2. The van der Waals surface area contributed by atoms with Crippen molar-refractivity contribution in [3.63, 3.8) is 0 Å². The molecular weight excluding hydrogens is 448 g/mol. The van der Waals surface area contributed by atoms with E-state index >= 15 is 0 Å². The molecule has 1 aromatic heterocycles. The molecule has 4 N–H and O–H groups in total. The van der Waals surface area contributed by atoms with E-state index in [1.807, 2.05) is 0 Å². The normalized spacial score (nSPS) is 14.3. The van der Waals surface area contributed by atoms with Gasteiger partial charge < -0.3 is 25.5 Å². The van der Waals surface area contributed by atoms with Crippen LogP contribution < -0.4 is 15.7 Å². The van der Waals surface area contributed by atoms with Crippen molar-refractivity contribution in [3.8, 4) is 5.75 Å². The zero-order valence-electron chi connectivity index (χ0n) is 20.3. The first-order valence-electron chi connectivity index (χ1n) is 12.0. The lowest BCUT2D eigenvalue weighted by Gasteiger charge is -2.21.